The molecule has 0 fully saturated rings. The third-order valence-electron chi connectivity index (χ3n) is 4.54. The van der Waals surface area contributed by atoms with E-state index in [1.807, 2.05) is 72.8 Å². The minimum absolute atomic E-state index is 0.135. The average molecular weight is 436 g/mol. The number of para-hydroxylation sites is 2. The predicted octanol–water partition coefficient (Wildman–Crippen LogP) is 5.34. The summed E-state index contributed by atoms with van der Waals surface area (Å²) in [6.07, 6.45) is 0. The van der Waals surface area contributed by atoms with Crippen LogP contribution in [0.3, 0.4) is 0 Å². The third-order valence-corrected chi connectivity index (χ3v) is 5.31. The summed E-state index contributed by atoms with van der Waals surface area (Å²) in [5.41, 5.74) is 2.44. The van der Waals surface area contributed by atoms with Crippen molar-refractivity contribution in [2.45, 2.75) is 6.61 Å². The average Bonchev–Trinajstić information content (AvgIpc) is 2.73. The summed E-state index contributed by atoms with van der Waals surface area (Å²) in [6, 6.07) is 24.6. The van der Waals surface area contributed by atoms with E-state index in [0.29, 0.717) is 12.4 Å². The Bertz CT molecular complexity index is 1190. The lowest BCUT2D eigenvalue weighted by Gasteiger charge is -2.15. The topological polar surface area (TPSA) is 40.5 Å². The van der Waals surface area contributed by atoms with Crippen molar-refractivity contribution < 1.29 is 9.47 Å². The SMILES string of the molecule is COc1ccc(Br)c(COc2cc(=O)n(-c3ccccc3)c3ccccc23)c1. The first-order valence-corrected chi connectivity index (χ1v) is 9.62. The zero-order valence-corrected chi connectivity index (χ0v) is 16.8. The van der Waals surface area contributed by atoms with Crippen LogP contribution in [-0.2, 0) is 6.61 Å². The molecule has 28 heavy (non-hydrogen) atoms. The molecular formula is C23H18BrNO3. The van der Waals surface area contributed by atoms with E-state index in [0.717, 1.165) is 32.4 Å². The minimum Gasteiger partial charge on any atom is -0.497 e. The van der Waals surface area contributed by atoms with Gasteiger partial charge in [0.25, 0.3) is 5.56 Å². The minimum atomic E-state index is -0.135. The molecule has 140 valence electrons. The Hall–Kier alpha value is -3.05. The molecule has 0 aliphatic rings. The Morgan fingerprint density at radius 2 is 1.68 bits per heavy atom. The lowest BCUT2D eigenvalue weighted by Crippen LogP contribution is -2.18. The highest BCUT2D eigenvalue weighted by Gasteiger charge is 2.12. The van der Waals surface area contributed by atoms with Crippen molar-refractivity contribution >= 4 is 26.8 Å². The van der Waals surface area contributed by atoms with Gasteiger partial charge in [-0.15, -0.1) is 0 Å². The van der Waals surface area contributed by atoms with E-state index in [-0.39, 0.29) is 5.56 Å². The van der Waals surface area contributed by atoms with Crippen molar-refractivity contribution in [1.82, 2.24) is 4.57 Å². The molecule has 1 heterocycles. The standard InChI is InChI=1S/C23H18BrNO3/c1-27-18-11-12-20(24)16(13-18)15-28-22-14-23(26)25(17-7-3-2-4-8-17)21-10-6-5-9-19(21)22/h2-14H,15H2,1H3. The zero-order valence-electron chi connectivity index (χ0n) is 15.3. The Morgan fingerprint density at radius 3 is 2.46 bits per heavy atom. The molecule has 0 saturated heterocycles. The zero-order chi connectivity index (χ0) is 19.5. The fraction of sp³-hybridized carbons (Fsp3) is 0.0870. The second kappa shape index (κ2) is 7.90. The smallest absolute Gasteiger partial charge is 0.259 e. The Balaban J connectivity index is 1.76. The normalized spacial score (nSPS) is 10.8. The molecule has 0 aliphatic heterocycles. The van der Waals surface area contributed by atoms with E-state index in [1.54, 1.807) is 17.7 Å². The lowest BCUT2D eigenvalue weighted by atomic mass is 10.1. The summed E-state index contributed by atoms with van der Waals surface area (Å²) in [5, 5.41) is 0.880. The summed E-state index contributed by atoms with van der Waals surface area (Å²) in [7, 11) is 1.63. The van der Waals surface area contributed by atoms with Crippen LogP contribution >= 0.6 is 15.9 Å². The Labute approximate surface area is 171 Å². The summed E-state index contributed by atoms with van der Waals surface area (Å²) in [5.74, 6) is 1.31. The number of halogens is 1. The number of methoxy groups -OCH3 is 1. The molecule has 3 aromatic carbocycles. The highest BCUT2D eigenvalue weighted by atomic mass is 79.9. The number of ether oxygens (including phenoxy) is 2. The monoisotopic (exact) mass is 435 g/mol. The fourth-order valence-corrected chi connectivity index (χ4v) is 3.52. The number of nitrogens with zero attached hydrogens (tertiary/aromatic N) is 1. The summed E-state index contributed by atoms with van der Waals surface area (Å²) in [6.45, 7) is 0.316. The van der Waals surface area contributed by atoms with Crippen molar-refractivity contribution in [3.8, 4) is 17.2 Å². The molecule has 4 rings (SSSR count). The van der Waals surface area contributed by atoms with Gasteiger partial charge in [-0.25, -0.2) is 0 Å². The van der Waals surface area contributed by atoms with E-state index < -0.39 is 0 Å². The summed E-state index contributed by atoms with van der Waals surface area (Å²) < 4.78 is 14.0. The predicted molar refractivity (Wildman–Crippen MR) is 115 cm³/mol. The molecule has 4 aromatic rings. The van der Waals surface area contributed by atoms with Gasteiger partial charge >= 0.3 is 0 Å². The van der Waals surface area contributed by atoms with Crippen LogP contribution in [0.1, 0.15) is 5.56 Å². The maximum absolute atomic E-state index is 12.9. The van der Waals surface area contributed by atoms with Crippen molar-refractivity contribution in [3.05, 3.63) is 99.3 Å². The van der Waals surface area contributed by atoms with E-state index >= 15 is 0 Å². The van der Waals surface area contributed by atoms with Crippen LogP contribution in [-0.4, -0.2) is 11.7 Å². The number of rotatable bonds is 5. The van der Waals surface area contributed by atoms with Gasteiger partial charge in [-0.3, -0.25) is 9.36 Å². The molecule has 4 nitrogen and oxygen atoms in total. The van der Waals surface area contributed by atoms with Gasteiger partial charge in [-0.05, 0) is 42.5 Å². The second-order valence-corrected chi connectivity index (χ2v) is 7.14. The number of benzene rings is 3. The Morgan fingerprint density at radius 1 is 0.929 bits per heavy atom. The molecule has 0 aliphatic carbocycles. The molecule has 0 spiro atoms. The number of aromatic nitrogens is 1. The fourth-order valence-electron chi connectivity index (χ4n) is 3.16. The molecule has 0 amide bonds. The van der Waals surface area contributed by atoms with E-state index in [4.69, 9.17) is 9.47 Å². The van der Waals surface area contributed by atoms with Crippen LogP contribution in [0.2, 0.25) is 0 Å². The third kappa shape index (κ3) is 3.53. The molecule has 0 unspecified atom stereocenters. The Kier molecular flexibility index (Phi) is 5.17. The van der Waals surface area contributed by atoms with Crippen LogP contribution in [0.5, 0.6) is 11.5 Å². The van der Waals surface area contributed by atoms with Gasteiger partial charge in [-0.1, -0.05) is 46.3 Å². The van der Waals surface area contributed by atoms with Gasteiger partial charge in [0, 0.05) is 27.2 Å². The van der Waals surface area contributed by atoms with Gasteiger partial charge < -0.3 is 9.47 Å². The van der Waals surface area contributed by atoms with Crippen LogP contribution in [0.15, 0.2) is 88.1 Å². The summed E-state index contributed by atoms with van der Waals surface area (Å²) in [4.78, 5) is 12.9. The van der Waals surface area contributed by atoms with Gasteiger partial charge in [0.2, 0.25) is 0 Å². The number of fused-ring (bicyclic) bond motifs is 1. The van der Waals surface area contributed by atoms with Crippen LogP contribution in [0.25, 0.3) is 16.6 Å². The first-order valence-electron chi connectivity index (χ1n) is 8.83. The quantitative estimate of drug-likeness (QED) is 0.424. The molecule has 0 radical (unpaired) electrons. The van der Waals surface area contributed by atoms with Gasteiger partial charge in [0.15, 0.2) is 0 Å². The molecule has 5 heteroatoms. The molecule has 0 bridgehead atoms. The maximum Gasteiger partial charge on any atom is 0.259 e. The second-order valence-electron chi connectivity index (χ2n) is 6.28. The van der Waals surface area contributed by atoms with Crippen molar-refractivity contribution in [3.63, 3.8) is 0 Å². The first-order chi connectivity index (χ1) is 13.7. The number of pyridine rings is 1. The highest BCUT2D eigenvalue weighted by Crippen LogP contribution is 2.28. The van der Waals surface area contributed by atoms with Crippen LogP contribution in [0, 0.1) is 0 Å². The van der Waals surface area contributed by atoms with Gasteiger partial charge in [0.05, 0.1) is 12.6 Å². The van der Waals surface area contributed by atoms with Crippen molar-refractivity contribution in [1.29, 1.82) is 0 Å². The lowest BCUT2D eigenvalue weighted by molar-refractivity contribution is 0.307. The van der Waals surface area contributed by atoms with E-state index in [1.165, 1.54) is 0 Å². The van der Waals surface area contributed by atoms with Gasteiger partial charge in [0.1, 0.15) is 18.1 Å². The number of hydrogen-bond acceptors (Lipinski definition) is 3. The highest BCUT2D eigenvalue weighted by molar-refractivity contribution is 9.10. The number of hydrogen-bond donors (Lipinski definition) is 0. The largest absolute Gasteiger partial charge is 0.497 e. The van der Waals surface area contributed by atoms with E-state index in [9.17, 15) is 4.79 Å². The van der Waals surface area contributed by atoms with E-state index in [2.05, 4.69) is 15.9 Å². The molecule has 0 N–H and O–H groups in total. The van der Waals surface area contributed by atoms with Crippen LogP contribution in [0.4, 0.5) is 0 Å². The molecule has 0 atom stereocenters. The first kappa shape index (κ1) is 18.3. The molecular weight excluding hydrogens is 418 g/mol. The molecule has 1 aromatic heterocycles. The van der Waals surface area contributed by atoms with Crippen LogP contribution < -0.4 is 15.0 Å². The van der Waals surface area contributed by atoms with Gasteiger partial charge in [-0.2, -0.15) is 0 Å². The summed E-state index contributed by atoms with van der Waals surface area (Å²) >= 11 is 3.54. The van der Waals surface area contributed by atoms with Crippen molar-refractivity contribution in [2.75, 3.05) is 7.11 Å². The maximum atomic E-state index is 12.9. The molecule has 0 saturated carbocycles. The van der Waals surface area contributed by atoms with Crippen molar-refractivity contribution in [2.24, 2.45) is 0 Å².